The van der Waals surface area contributed by atoms with E-state index in [9.17, 15) is 36.3 Å². The summed E-state index contributed by atoms with van der Waals surface area (Å²) in [6, 6.07) is 8.68. The molecule has 0 atom stereocenters. The van der Waals surface area contributed by atoms with E-state index in [2.05, 4.69) is 20.6 Å². The number of urea groups is 1. The minimum Gasteiger partial charge on any atom is -0.476 e. The summed E-state index contributed by atoms with van der Waals surface area (Å²) >= 11 is 0. The fourth-order valence-corrected chi connectivity index (χ4v) is 3.44. The molecule has 0 bridgehead atoms. The number of aromatic amines is 1. The summed E-state index contributed by atoms with van der Waals surface area (Å²) in [6.45, 7) is 0. The number of carbonyl (C=O) groups excluding carboxylic acids is 1. The quantitative estimate of drug-likeness (QED) is 0.422. The maximum Gasteiger partial charge on any atom is 0.416 e. The van der Waals surface area contributed by atoms with Gasteiger partial charge in [0, 0.05) is 18.4 Å². The highest BCUT2D eigenvalue weighted by Gasteiger charge is 2.30. The summed E-state index contributed by atoms with van der Waals surface area (Å²) in [5.41, 5.74) is -0.601. The molecule has 0 saturated heterocycles. The smallest absolute Gasteiger partial charge is 0.416 e. The molecule has 1 heterocycles. The molecule has 33 heavy (non-hydrogen) atoms. The molecular formula is C20H17F3N4O5S. The molecule has 0 saturated carbocycles. The van der Waals surface area contributed by atoms with Crippen molar-refractivity contribution in [2.75, 3.05) is 16.9 Å². The molecule has 1 aromatic heterocycles. The number of alkyl halides is 3. The van der Waals surface area contributed by atoms with Crippen LogP contribution in [0.2, 0.25) is 0 Å². The molecule has 0 aliphatic rings. The van der Waals surface area contributed by atoms with Crippen molar-refractivity contribution in [1.82, 2.24) is 9.97 Å². The van der Waals surface area contributed by atoms with E-state index in [1.54, 1.807) is 12.1 Å². The van der Waals surface area contributed by atoms with Crippen LogP contribution in [0.5, 0.6) is 0 Å². The predicted octanol–water partition coefficient (Wildman–Crippen LogP) is 3.77. The fourth-order valence-electron chi connectivity index (χ4n) is 2.81. The zero-order chi connectivity index (χ0) is 24.4. The van der Waals surface area contributed by atoms with Crippen LogP contribution in [0.1, 0.15) is 27.4 Å². The van der Waals surface area contributed by atoms with Crippen LogP contribution in [0.25, 0.3) is 0 Å². The third-order valence-corrected chi connectivity index (χ3v) is 5.52. The largest absolute Gasteiger partial charge is 0.476 e. The average molecular weight is 482 g/mol. The number of nitrogens with one attached hydrogen (secondary N) is 3. The molecule has 13 heteroatoms. The highest BCUT2D eigenvalue weighted by atomic mass is 32.2. The Morgan fingerprint density at radius 2 is 1.64 bits per heavy atom. The van der Waals surface area contributed by atoms with Gasteiger partial charge in [0.1, 0.15) is 5.82 Å². The monoisotopic (exact) mass is 482 g/mol. The van der Waals surface area contributed by atoms with Crippen molar-refractivity contribution in [3.63, 3.8) is 0 Å². The number of hydrogen-bond acceptors (Lipinski definition) is 5. The first-order valence-electron chi connectivity index (χ1n) is 9.19. The second-order valence-corrected chi connectivity index (χ2v) is 8.98. The predicted molar refractivity (Wildman–Crippen MR) is 112 cm³/mol. The normalized spacial score (nSPS) is 11.8. The van der Waals surface area contributed by atoms with Crippen LogP contribution in [0.15, 0.2) is 53.4 Å². The summed E-state index contributed by atoms with van der Waals surface area (Å²) in [4.78, 5) is 30.4. The molecule has 0 aliphatic carbocycles. The van der Waals surface area contributed by atoms with Crippen LogP contribution in [-0.4, -0.2) is 41.7 Å². The van der Waals surface area contributed by atoms with Crippen LogP contribution < -0.4 is 10.6 Å². The number of H-pyrrole nitrogens is 1. The summed E-state index contributed by atoms with van der Waals surface area (Å²) in [7, 11) is -3.37. The number of rotatable bonds is 6. The van der Waals surface area contributed by atoms with Crippen molar-refractivity contribution in [2.24, 2.45) is 0 Å². The third kappa shape index (κ3) is 6.10. The number of benzene rings is 2. The molecule has 0 fully saturated rings. The minimum absolute atomic E-state index is 0.0547. The van der Waals surface area contributed by atoms with Gasteiger partial charge < -0.3 is 15.4 Å². The van der Waals surface area contributed by atoms with E-state index in [0.29, 0.717) is 5.56 Å². The molecule has 9 nitrogen and oxygen atoms in total. The van der Waals surface area contributed by atoms with Crippen molar-refractivity contribution < 1.29 is 36.3 Å². The first-order valence-corrected chi connectivity index (χ1v) is 11.1. The Bertz CT molecular complexity index is 1280. The number of halogens is 3. The number of aromatic carboxylic acids is 1. The average Bonchev–Trinajstić information content (AvgIpc) is 3.09. The Balaban J connectivity index is 1.72. The van der Waals surface area contributed by atoms with Gasteiger partial charge in [-0.25, -0.2) is 23.0 Å². The van der Waals surface area contributed by atoms with E-state index < -0.39 is 39.3 Å². The third-order valence-electron chi connectivity index (χ3n) is 4.39. The zero-order valence-corrected chi connectivity index (χ0v) is 17.7. The van der Waals surface area contributed by atoms with E-state index in [-0.39, 0.29) is 28.6 Å². The van der Waals surface area contributed by atoms with E-state index in [1.807, 2.05) is 0 Å². The summed E-state index contributed by atoms with van der Waals surface area (Å²) < 4.78 is 61.0. The lowest BCUT2D eigenvalue weighted by atomic mass is 10.1. The molecular weight excluding hydrogens is 465 g/mol. The SMILES string of the molecule is CS(=O)(=O)c1ccc(Cc2nc(NC(=O)Nc3ccc(C(F)(F)F)cc3)c(C(=O)O)[nH]2)cc1. The van der Waals surface area contributed by atoms with Gasteiger partial charge in [-0.1, -0.05) is 12.1 Å². The number of nitrogens with zero attached hydrogens (tertiary/aromatic N) is 1. The second-order valence-electron chi connectivity index (χ2n) is 6.96. The second kappa shape index (κ2) is 8.94. The van der Waals surface area contributed by atoms with Crippen molar-refractivity contribution in [2.45, 2.75) is 17.5 Å². The van der Waals surface area contributed by atoms with Gasteiger partial charge in [0.15, 0.2) is 21.3 Å². The maximum absolute atomic E-state index is 12.6. The Hall–Kier alpha value is -3.87. The van der Waals surface area contributed by atoms with Crippen molar-refractivity contribution >= 4 is 33.3 Å². The molecule has 3 rings (SSSR count). The molecule has 3 aromatic rings. The standard InChI is InChI=1S/C20H17F3N4O5S/c1-33(31,32)14-8-2-11(3-9-14)10-15-25-16(18(28)29)17(26-15)27-19(30)24-13-6-4-12(5-7-13)20(21,22)23/h2-9H,10H2,1H3,(H,25,26)(H,28,29)(H2,24,27,30). The number of imidazole rings is 1. The van der Waals surface area contributed by atoms with Gasteiger partial charge in [-0.05, 0) is 42.0 Å². The number of carboxylic acids is 1. The molecule has 0 spiro atoms. The Morgan fingerprint density at radius 1 is 1.03 bits per heavy atom. The number of sulfone groups is 1. The molecule has 0 aliphatic heterocycles. The van der Waals surface area contributed by atoms with E-state index in [4.69, 9.17) is 0 Å². The topological polar surface area (TPSA) is 141 Å². The minimum atomic E-state index is -4.52. The van der Waals surface area contributed by atoms with E-state index in [0.717, 1.165) is 30.5 Å². The molecule has 2 aromatic carbocycles. The van der Waals surface area contributed by atoms with Gasteiger partial charge in [-0.3, -0.25) is 5.32 Å². The van der Waals surface area contributed by atoms with E-state index >= 15 is 0 Å². The van der Waals surface area contributed by atoms with E-state index in [1.165, 1.54) is 12.1 Å². The lowest BCUT2D eigenvalue weighted by molar-refractivity contribution is -0.137. The Morgan fingerprint density at radius 3 is 2.15 bits per heavy atom. The molecule has 0 radical (unpaired) electrons. The van der Waals surface area contributed by atoms with Crippen molar-refractivity contribution in [3.8, 4) is 0 Å². The summed E-state index contributed by atoms with van der Waals surface area (Å²) in [6.07, 6.45) is -3.33. The van der Waals surface area contributed by atoms with Gasteiger partial charge in [0.2, 0.25) is 0 Å². The van der Waals surface area contributed by atoms with Crippen LogP contribution in [0.4, 0.5) is 29.5 Å². The van der Waals surface area contributed by atoms with Gasteiger partial charge >= 0.3 is 18.2 Å². The molecule has 0 unspecified atom stereocenters. The summed E-state index contributed by atoms with van der Waals surface area (Å²) in [5.74, 6) is -1.51. The van der Waals surface area contributed by atoms with Gasteiger partial charge in [-0.2, -0.15) is 13.2 Å². The van der Waals surface area contributed by atoms with Crippen molar-refractivity contribution in [1.29, 1.82) is 0 Å². The van der Waals surface area contributed by atoms with Crippen LogP contribution in [0, 0.1) is 0 Å². The number of carbonyl (C=O) groups is 2. The van der Waals surface area contributed by atoms with Crippen LogP contribution in [0.3, 0.4) is 0 Å². The van der Waals surface area contributed by atoms with Crippen molar-refractivity contribution in [3.05, 3.63) is 71.2 Å². The Kier molecular flexibility index (Phi) is 6.44. The number of amides is 2. The highest BCUT2D eigenvalue weighted by Crippen LogP contribution is 2.29. The van der Waals surface area contributed by atoms with Gasteiger partial charge in [0.05, 0.1) is 10.5 Å². The number of anilines is 2. The lowest BCUT2D eigenvalue weighted by Crippen LogP contribution is -2.21. The van der Waals surface area contributed by atoms with Crippen LogP contribution >= 0.6 is 0 Å². The van der Waals surface area contributed by atoms with Gasteiger partial charge in [-0.15, -0.1) is 0 Å². The number of aromatic nitrogens is 2. The molecule has 2 amide bonds. The maximum atomic E-state index is 12.6. The highest BCUT2D eigenvalue weighted by molar-refractivity contribution is 7.90. The lowest BCUT2D eigenvalue weighted by Gasteiger charge is -2.09. The number of carboxylic acid groups (broad SMARTS) is 1. The summed E-state index contributed by atoms with van der Waals surface area (Å²) in [5, 5.41) is 13.9. The van der Waals surface area contributed by atoms with Crippen LogP contribution in [-0.2, 0) is 22.4 Å². The first kappa shape index (κ1) is 23.8. The number of hydrogen-bond donors (Lipinski definition) is 4. The molecule has 4 N–H and O–H groups in total. The van der Waals surface area contributed by atoms with Gasteiger partial charge in [0.25, 0.3) is 0 Å². The molecule has 174 valence electrons. The fraction of sp³-hybridized carbons (Fsp3) is 0.150. The zero-order valence-electron chi connectivity index (χ0n) is 16.9. The Labute approximate surface area is 185 Å². The first-order chi connectivity index (χ1) is 15.3.